The standard InChI is InChI=1S/C18H24N4O2/c23-17(20-13-4-3-9-19-11-13)12-7-8-16-15(10-12)21-18(24)22(16)14-5-1-2-6-14/h7-8,10,13-14,19H,1-6,9,11H2,(H,20,23)(H,21,24). The Labute approximate surface area is 140 Å². The normalized spacial score (nSPS) is 22.1. The Balaban J connectivity index is 1.59. The zero-order chi connectivity index (χ0) is 16.5. The van der Waals surface area contributed by atoms with Crippen molar-refractivity contribution < 1.29 is 4.79 Å². The Bertz CT molecular complexity index is 795. The van der Waals surface area contributed by atoms with Crippen LogP contribution >= 0.6 is 0 Å². The lowest BCUT2D eigenvalue weighted by Gasteiger charge is -2.23. The zero-order valence-electron chi connectivity index (χ0n) is 13.8. The number of aromatic amines is 1. The second-order valence-electron chi connectivity index (χ2n) is 6.99. The third kappa shape index (κ3) is 2.86. The number of rotatable bonds is 3. The summed E-state index contributed by atoms with van der Waals surface area (Å²) in [4.78, 5) is 27.7. The lowest BCUT2D eigenvalue weighted by molar-refractivity contribution is 0.0931. The minimum Gasteiger partial charge on any atom is -0.348 e. The molecule has 128 valence electrons. The molecule has 1 atom stereocenters. The lowest BCUT2D eigenvalue weighted by Crippen LogP contribution is -2.45. The van der Waals surface area contributed by atoms with Crippen molar-refractivity contribution in [2.75, 3.05) is 13.1 Å². The predicted molar refractivity (Wildman–Crippen MR) is 93.4 cm³/mol. The van der Waals surface area contributed by atoms with Crippen LogP contribution in [0, 0.1) is 0 Å². The summed E-state index contributed by atoms with van der Waals surface area (Å²) >= 11 is 0. The van der Waals surface area contributed by atoms with Gasteiger partial charge in [-0.15, -0.1) is 0 Å². The molecule has 1 aliphatic heterocycles. The molecule has 3 N–H and O–H groups in total. The molecule has 1 unspecified atom stereocenters. The average molecular weight is 328 g/mol. The monoisotopic (exact) mass is 328 g/mol. The SMILES string of the molecule is O=C(NC1CCCNC1)c1ccc2c(c1)[nH]c(=O)n2C1CCCC1. The molecule has 0 spiro atoms. The minimum absolute atomic E-state index is 0.0639. The molecule has 24 heavy (non-hydrogen) atoms. The molecule has 2 aliphatic rings. The van der Waals surface area contributed by atoms with Crippen LogP contribution in [-0.4, -0.2) is 34.6 Å². The van der Waals surface area contributed by atoms with E-state index in [1.807, 2.05) is 16.7 Å². The van der Waals surface area contributed by atoms with Crippen LogP contribution in [0.15, 0.2) is 23.0 Å². The number of aromatic nitrogens is 2. The number of carbonyl (C=O) groups excluding carboxylic acids is 1. The van der Waals surface area contributed by atoms with E-state index in [9.17, 15) is 9.59 Å². The smallest absolute Gasteiger partial charge is 0.326 e. The van der Waals surface area contributed by atoms with Crippen molar-refractivity contribution in [1.82, 2.24) is 20.2 Å². The van der Waals surface area contributed by atoms with E-state index in [-0.39, 0.29) is 17.6 Å². The second-order valence-corrected chi connectivity index (χ2v) is 6.99. The Morgan fingerprint density at radius 3 is 2.75 bits per heavy atom. The maximum Gasteiger partial charge on any atom is 0.326 e. The fourth-order valence-electron chi connectivity index (χ4n) is 4.04. The van der Waals surface area contributed by atoms with E-state index >= 15 is 0 Å². The van der Waals surface area contributed by atoms with Gasteiger partial charge in [0.2, 0.25) is 0 Å². The van der Waals surface area contributed by atoms with Crippen LogP contribution in [0.5, 0.6) is 0 Å². The number of piperidine rings is 1. The highest BCUT2D eigenvalue weighted by Gasteiger charge is 2.22. The number of fused-ring (bicyclic) bond motifs is 1. The summed E-state index contributed by atoms with van der Waals surface area (Å²) in [7, 11) is 0. The topological polar surface area (TPSA) is 78.9 Å². The zero-order valence-corrected chi connectivity index (χ0v) is 13.8. The van der Waals surface area contributed by atoms with Gasteiger partial charge in [-0.2, -0.15) is 0 Å². The van der Waals surface area contributed by atoms with E-state index in [4.69, 9.17) is 0 Å². The van der Waals surface area contributed by atoms with Crippen molar-refractivity contribution in [2.45, 2.75) is 50.6 Å². The highest BCUT2D eigenvalue weighted by molar-refractivity contribution is 5.97. The van der Waals surface area contributed by atoms with Crippen molar-refractivity contribution in [3.05, 3.63) is 34.2 Å². The molecule has 0 radical (unpaired) electrons. The van der Waals surface area contributed by atoms with Crippen LogP contribution < -0.4 is 16.3 Å². The second kappa shape index (κ2) is 6.43. The number of nitrogens with zero attached hydrogens (tertiary/aromatic N) is 1. The van der Waals surface area contributed by atoms with Gasteiger partial charge < -0.3 is 15.6 Å². The lowest BCUT2D eigenvalue weighted by atomic mass is 10.1. The minimum atomic E-state index is -0.0694. The number of carbonyl (C=O) groups is 1. The van der Waals surface area contributed by atoms with Crippen LogP contribution in [0.25, 0.3) is 11.0 Å². The number of benzene rings is 1. The Morgan fingerprint density at radius 2 is 2.00 bits per heavy atom. The molecular weight excluding hydrogens is 304 g/mol. The first-order chi connectivity index (χ1) is 11.7. The number of nitrogens with one attached hydrogen (secondary N) is 3. The molecule has 0 bridgehead atoms. The van der Waals surface area contributed by atoms with Crippen LogP contribution in [0.2, 0.25) is 0 Å². The molecule has 4 rings (SSSR count). The molecule has 6 nitrogen and oxygen atoms in total. The first-order valence-corrected chi connectivity index (χ1v) is 8.98. The molecule has 2 aromatic rings. The number of hydrogen-bond donors (Lipinski definition) is 3. The number of hydrogen-bond acceptors (Lipinski definition) is 3. The van der Waals surface area contributed by atoms with Gasteiger partial charge in [-0.05, 0) is 50.4 Å². The fraction of sp³-hybridized carbons (Fsp3) is 0.556. The van der Waals surface area contributed by atoms with E-state index in [2.05, 4.69) is 15.6 Å². The van der Waals surface area contributed by atoms with Crippen LogP contribution in [0.3, 0.4) is 0 Å². The maximum atomic E-state index is 12.5. The molecule has 1 amide bonds. The molecule has 1 saturated carbocycles. The summed E-state index contributed by atoms with van der Waals surface area (Å²) in [6.45, 7) is 1.84. The van der Waals surface area contributed by atoms with Gasteiger partial charge in [0.05, 0.1) is 11.0 Å². The first kappa shape index (κ1) is 15.4. The van der Waals surface area contributed by atoms with Gasteiger partial charge >= 0.3 is 5.69 Å². The first-order valence-electron chi connectivity index (χ1n) is 8.98. The highest BCUT2D eigenvalue weighted by atomic mass is 16.2. The Morgan fingerprint density at radius 1 is 1.17 bits per heavy atom. The molecule has 1 aromatic heterocycles. The van der Waals surface area contributed by atoms with Gasteiger partial charge in [-0.3, -0.25) is 9.36 Å². The fourth-order valence-corrected chi connectivity index (χ4v) is 4.04. The largest absolute Gasteiger partial charge is 0.348 e. The van der Waals surface area contributed by atoms with E-state index < -0.39 is 0 Å². The van der Waals surface area contributed by atoms with Crippen molar-refractivity contribution >= 4 is 16.9 Å². The van der Waals surface area contributed by atoms with Gasteiger partial charge in [-0.25, -0.2) is 4.79 Å². The molecular formula is C18H24N4O2. The van der Waals surface area contributed by atoms with E-state index in [1.54, 1.807) is 6.07 Å². The third-order valence-electron chi connectivity index (χ3n) is 5.30. The van der Waals surface area contributed by atoms with E-state index in [0.717, 1.165) is 49.8 Å². The van der Waals surface area contributed by atoms with E-state index in [0.29, 0.717) is 11.6 Å². The van der Waals surface area contributed by atoms with Crippen molar-refractivity contribution in [2.24, 2.45) is 0 Å². The number of imidazole rings is 1. The molecule has 2 heterocycles. The summed E-state index contributed by atoms with van der Waals surface area (Å²) < 4.78 is 1.87. The number of amides is 1. The van der Waals surface area contributed by atoms with Crippen molar-refractivity contribution in [3.63, 3.8) is 0 Å². The quantitative estimate of drug-likeness (QED) is 0.805. The molecule has 1 aromatic carbocycles. The van der Waals surface area contributed by atoms with Crippen LogP contribution in [-0.2, 0) is 0 Å². The summed E-state index contributed by atoms with van der Waals surface area (Å²) in [5.74, 6) is -0.0694. The summed E-state index contributed by atoms with van der Waals surface area (Å²) in [6.07, 6.45) is 6.57. The van der Waals surface area contributed by atoms with Crippen molar-refractivity contribution in [3.8, 4) is 0 Å². The number of H-pyrrole nitrogens is 1. The summed E-state index contributed by atoms with van der Waals surface area (Å²) in [5, 5.41) is 6.37. The van der Waals surface area contributed by atoms with Gasteiger partial charge in [0.15, 0.2) is 0 Å². The third-order valence-corrected chi connectivity index (χ3v) is 5.30. The Kier molecular flexibility index (Phi) is 4.14. The van der Waals surface area contributed by atoms with Gasteiger partial charge in [-0.1, -0.05) is 12.8 Å². The molecule has 2 fully saturated rings. The van der Waals surface area contributed by atoms with Gasteiger partial charge in [0.25, 0.3) is 5.91 Å². The predicted octanol–water partition coefficient (Wildman–Crippen LogP) is 1.93. The maximum absolute atomic E-state index is 12.5. The van der Waals surface area contributed by atoms with Crippen LogP contribution in [0.4, 0.5) is 0 Å². The highest BCUT2D eigenvalue weighted by Crippen LogP contribution is 2.30. The van der Waals surface area contributed by atoms with Gasteiger partial charge in [0, 0.05) is 24.2 Å². The molecule has 1 saturated heterocycles. The van der Waals surface area contributed by atoms with Crippen LogP contribution in [0.1, 0.15) is 54.9 Å². The Hall–Kier alpha value is -2.08. The molecule has 6 heteroatoms. The van der Waals surface area contributed by atoms with Crippen molar-refractivity contribution in [1.29, 1.82) is 0 Å². The molecule has 1 aliphatic carbocycles. The average Bonchev–Trinajstić information content (AvgIpc) is 3.21. The summed E-state index contributed by atoms with van der Waals surface area (Å²) in [5.41, 5.74) is 2.20. The van der Waals surface area contributed by atoms with E-state index in [1.165, 1.54) is 12.8 Å². The summed E-state index contributed by atoms with van der Waals surface area (Å²) in [6, 6.07) is 6.00. The van der Waals surface area contributed by atoms with Gasteiger partial charge in [0.1, 0.15) is 0 Å².